The summed E-state index contributed by atoms with van der Waals surface area (Å²) in [4.78, 5) is 0. The molecule has 0 saturated heterocycles. The van der Waals surface area contributed by atoms with Crippen molar-refractivity contribution in [1.82, 2.24) is 0 Å². The third-order valence-electron chi connectivity index (χ3n) is 4.45. The van der Waals surface area contributed by atoms with E-state index in [0.29, 0.717) is 5.75 Å². The molecule has 0 unspecified atom stereocenters. The Balaban J connectivity index is 2.73. The van der Waals surface area contributed by atoms with Crippen molar-refractivity contribution >= 4 is 0 Å². The average Bonchev–Trinajstić information content (AvgIpc) is 2.49. The molecular formula is C20H34O. The molecule has 0 fully saturated rings. The summed E-state index contributed by atoms with van der Waals surface area (Å²) >= 11 is 0. The van der Waals surface area contributed by atoms with Crippen LogP contribution in [0, 0.1) is 0 Å². The molecule has 0 radical (unpaired) electrons. The zero-order valence-corrected chi connectivity index (χ0v) is 14.4. The van der Waals surface area contributed by atoms with Gasteiger partial charge in [0, 0.05) is 0 Å². The second-order valence-corrected chi connectivity index (χ2v) is 6.18. The van der Waals surface area contributed by atoms with Crippen LogP contribution in [0.3, 0.4) is 0 Å². The Bertz CT molecular complexity index is 395. The van der Waals surface area contributed by atoms with Gasteiger partial charge in [0.25, 0.3) is 0 Å². The maximum atomic E-state index is 10.3. The molecule has 0 spiro atoms. The Morgan fingerprint density at radius 2 is 1.29 bits per heavy atom. The first kappa shape index (κ1) is 18.1. The van der Waals surface area contributed by atoms with Crippen molar-refractivity contribution in [1.29, 1.82) is 0 Å². The van der Waals surface area contributed by atoms with Crippen LogP contribution in [0.15, 0.2) is 12.1 Å². The van der Waals surface area contributed by atoms with Gasteiger partial charge in [0.2, 0.25) is 0 Å². The maximum Gasteiger partial charge on any atom is 0.119 e. The number of phenols is 1. The van der Waals surface area contributed by atoms with Gasteiger partial charge in [-0.1, -0.05) is 65.4 Å². The van der Waals surface area contributed by atoms with Crippen LogP contribution in [0.25, 0.3) is 0 Å². The van der Waals surface area contributed by atoms with Gasteiger partial charge in [-0.25, -0.2) is 0 Å². The van der Waals surface area contributed by atoms with E-state index < -0.39 is 0 Å². The van der Waals surface area contributed by atoms with E-state index in [1.807, 2.05) is 6.07 Å². The third-order valence-corrected chi connectivity index (χ3v) is 4.45. The van der Waals surface area contributed by atoms with Gasteiger partial charge >= 0.3 is 0 Å². The van der Waals surface area contributed by atoms with Gasteiger partial charge in [0.05, 0.1) is 0 Å². The van der Waals surface area contributed by atoms with Crippen LogP contribution in [0.4, 0.5) is 0 Å². The number of aromatic hydroxyl groups is 1. The SMILES string of the molecule is CCCCCCCc1c(O)ccc(CC)c1CCCCC. The van der Waals surface area contributed by atoms with Crippen molar-refractivity contribution in [2.45, 2.75) is 91.4 Å². The lowest BCUT2D eigenvalue weighted by Gasteiger charge is -2.16. The maximum absolute atomic E-state index is 10.3. The van der Waals surface area contributed by atoms with E-state index in [9.17, 15) is 5.11 Å². The minimum absolute atomic E-state index is 0.522. The fraction of sp³-hybridized carbons (Fsp3) is 0.700. The van der Waals surface area contributed by atoms with Crippen LogP contribution in [0.1, 0.15) is 88.8 Å². The number of phenolic OH excluding ortho intramolecular Hbond substituents is 1. The van der Waals surface area contributed by atoms with E-state index in [0.717, 1.165) is 19.3 Å². The fourth-order valence-corrected chi connectivity index (χ4v) is 3.11. The van der Waals surface area contributed by atoms with Crippen LogP contribution >= 0.6 is 0 Å². The highest BCUT2D eigenvalue weighted by Crippen LogP contribution is 2.28. The quantitative estimate of drug-likeness (QED) is 0.481. The molecule has 1 nitrogen and oxygen atoms in total. The fourth-order valence-electron chi connectivity index (χ4n) is 3.11. The van der Waals surface area contributed by atoms with E-state index in [1.54, 1.807) is 0 Å². The Morgan fingerprint density at radius 1 is 0.714 bits per heavy atom. The predicted molar refractivity (Wildman–Crippen MR) is 93.2 cm³/mol. The molecule has 1 aromatic rings. The number of rotatable bonds is 11. The van der Waals surface area contributed by atoms with E-state index in [1.165, 1.54) is 68.1 Å². The predicted octanol–water partition coefficient (Wildman–Crippen LogP) is 6.20. The van der Waals surface area contributed by atoms with Gasteiger partial charge in [0.15, 0.2) is 0 Å². The number of unbranched alkanes of at least 4 members (excludes halogenated alkanes) is 6. The van der Waals surface area contributed by atoms with Gasteiger partial charge in [-0.3, -0.25) is 0 Å². The van der Waals surface area contributed by atoms with Gasteiger partial charge < -0.3 is 5.11 Å². The molecular weight excluding hydrogens is 256 g/mol. The lowest BCUT2D eigenvalue weighted by Crippen LogP contribution is -2.01. The third kappa shape index (κ3) is 6.11. The molecule has 0 heterocycles. The standard InChI is InChI=1S/C20H34O/c1-4-7-9-10-12-14-19-18(13-11-8-5-2)17(6-3)15-16-20(19)21/h15-16,21H,4-14H2,1-3H3. The van der Waals surface area contributed by atoms with E-state index >= 15 is 0 Å². The van der Waals surface area contributed by atoms with Gasteiger partial charge in [0.1, 0.15) is 5.75 Å². The highest BCUT2D eigenvalue weighted by atomic mass is 16.3. The molecule has 0 aliphatic carbocycles. The molecule has 0 amide bonds. The van der Waals surface area contributed by atoms with Crippen LogP contribution in [-0.2, 0) is 19.3 Å². The summed E-state index contributed by atoms with van der Waals surface area (Å²) < 4.78 is 0. The summed E-state index contributed by atoms with van der Waals surface area (Å²) in [5, 5.41) is 10.3. The van der Waals surface area contributed by atoms with Crippen molar-refractivity contribution in [2.75, 3.05) is 0 Å². The molecule has 1 rings (SSSR count). The number of hydrogen-bond acceptors (Lipinski definition) is 1. The monoisotopic (exact) mass is 290 g/mol. The second kappa shape index (κ2) is 10.7. The van der Waals surface area contributed by atoms with Crippen molar-refractivity contribution in [3.8, 4) is 5.75 Å². The second-order valence-electron chi connectivity index (χ2n) is 6.18. The van der Waals surface area contributed by atoms with Crippen LogP contribution in [-0.4, -0.2) is 5.11 Å². The smallest absolute Gasteiger partial charge is 0.119 e. The Morgan fingerprint density at radius 3 is 1.95 bits per heavy atom. The van der Waals surface area contributed by atoms with Gasteiger partial charge in [-0.15, -0.1) is 0 Å². The van der Waals surface area contributed by atoms with Crippen LogP contribution in [0.2, 0.25) is 0 Å². The summed E-state index contributed by atoms with van der Waals surface area (Å²) in [5.41, 5.74) is 4.12. The van der Waals surface area contributed by atoms with Crippen molar-refractivity contribution in [3.05, 3.63) is 28.8 Å². The summed E-state index contributed by atoms with van der Waals surface area (Å²) in [6.07, 6.45) is 13.5. The Labute approximate surface area is 131 Å². The summed E-state index contributed by atoms with van der Waals surface area (Å²) in [6, 6.07) is 4.03. The van der Waals surface area contributed by atoms with Gasteiger partial charge in [-0.2, -0.15) is 0 Å². The van der Waals surface area contributed by atoms with Crippen molar-refractivity contribution in [2.24, 2.45) is 0 Å². The molecule has 0 bridgehead atoms. The van der Waals surface area contributed by atoms with E-state index in [4.69, 9.17) is 0 Å². The van der Waals surface area contributed by atoms with Crippen molar-refractivity contribution in [3.63, 3.8) is 0 Å². The van der Waals surface area contributed by atoms with Gasteiger partial charge in [-0.05, 0) is 54.9 Å². The average molecular weight is 290 g/mol. The van der Waals surface area contributed by atoms with Crippen LogP contribution in [0.5, 0.6) is 5.75 Å². The first-order valence-electron chi connectivity index (χ1n) is 9.07. The normalized spacial score (nSPS) is 11.0. The molecule has 0 aliphatic heterocycles. The summed E-state index contributed by atoms with van der Waals surface area (Å²) in [6.45, 7) is 6.72. The number of benzene rings is 1. The summed E-state index contributed by atoms with van der Waals surface area (Å²) in [7, 11) is 0. The van der Waals surface area contributed by atoms with E-state index in [2.05, 4.69) is 26.8 Å². The minimum atomic E-state index is 0.522. The minimum Gasteiger partial charge on any atom is -0.508 e. The number of hydrogen-bond donors (Lipinski definition) is 1. The molecule has 1 heteroatoms. The highest BCUT2D eigenvalue weighted by Gasteiger charge is 2.11. The van der Waals surface area contributed by atoms with Crippen LogP contribution < -0.4 is 0 Å². The Hall–Kier alpha value is -0.980. The molecule has 21 heavy (non-hydrogen) atoms. The molecule has 0 saturated carbocycles. The highest BCUT2D eigenvalue weighted by molar-refractivity contribution is 5.44. The first-order valence-corrected chi connectivity index (χ1v) is 9.07. The lowest BCUT2D eigenvalue weighted by molar-refractivity contribution is 0.464. The molecule has 0 aliphatic rings. The Kier molecular flexibility index (Phi) is 9.21. The zero-order valence-electron chi connectivity index (χ0n) is 14.4. The zero-order chi connectivity index (χ0) is 15.5. The molecule has 0 aromatic heterocycles. The topological polar surface area (TPSA) is 20.2 Å². The molecule has 1 aromatic carbocycles. The molecule has 1 N–H and O–H groups in total. The summed E-state index contributed by atoms with van der Waals surface area (Å²) in [5.74, 6) is 0.522. The number of aryl methyl sites for hydroxylation is 1. The van der Waals surface area contributed by atoms with Crippen molar-refractivity contribution < 1.29 is 5.11 Å². The first-order chi connectivity index (χ1) is 10.2. The largest absolute Gasteiger partial charge is 0.508 e. The molecule has 120 valence electrons. The van der Waals surface area contributed by atoms with E-state index in [-0.39, 0.29) is 0 Å². The lowest BCUT2D eigenvalue weighted by atomic mass is 9.91. The molecule has 0 atom stereocenters.